The molecule has 44 heavy (non-hydrogen) atoms. The zero-order valence-electron chi connectivity index (χ0n) is 23.5. The lowest BCUT2D eigenvalue weighted by Gasteiger charge is -2.36. The topological polar surface area (TPSA) is 135 Å². The Hall–Kier alpha value is -4.98. The number of amides is 1. The second-order valence-corrected chi connectivity index (χ2v) is 12.0. The van der Waals surface area contributed by atoms with E-state index in [1.165, 1.54) is 31.8 Å². The maximum atomic E-state index is 14.3. The number of ketones is 1. The van der Waals surface area contributed by atoms with Gasteiger partial charge in [-0.05, 0) is 48.4 Å². The first kappa shape index (κ1) is 29.1. The van der Waals surface area contributed by atoms with Crippen LogP contribution in [0, 0.1) is 11.6 Å². The first-order chi connectivity index (χ1) is 21.1. The highest BCUT2D eigenvalue weighted by Gasteiger charge is 2.28. The number of sulfonamides is 1. The molecule has 0 atom stereocenters. The van der Waals surface area contributed by atoms with Crippen LogP contribution in [0.4, 0.5) is 20.3 Å². The van der Waals surface area contributed by atoms with E-state index in [0.717, 1.165) is 17.5 Å². The SMILES string of the molecule is COc1ncc(-c2ccc3ncnc(N4CCN(C(=O)C5=CC(=O)CC5)CC4)c3c2)cc1NS(=O)(=O)c1ccc(F)cc1F. The maximum absolute atomic E-state index is 14.3. The summed E-state index contributed by atoms with van der Waals surface area (Å²) in [5.74, 6) is -1.64. The summed E-state index contributed by atoms with van der Waals surface area (Å²) in [5, 5.41) is 0.736. The van der Waals surface area contributed by atoms with Gasteiger partial charge in [-0.3, -0.25) is 14.3 Å². The molecule has 1 amide bonds. The fraction of sp³-hybridized carbons (Fsp3) is 0.233. The molecule has 1 aliphatic carbocycles. The summed E-state index contributed by atoms with van der Waals surface area (Å²) in [5.41, 5.74) is 2.38. The average molecular weight is 621 g/mol. The van der Waals surface area contributed by atoms with Crippen LogP contribution in [-0.2, 0) is 19.6 Å². The van der Waals surface area contributed by atoms with Gasteiger partial charge in [0.2, 0.25) is 11.8 Å². The normalized spacial score (nSPS) is 15.4. The molecule has 0 saturated carbocycles. The number of carbonyl (C=O) groups excluding carboxylic acids is 2. The van der Waals surface area contributed by atoms with Gasteiger partial charge in [0, 0.05) is 61.4 Å². The van der Waals surface area contributed by atoms with Crippen LogP contribution in [0.2, 0.25) is 0 Å². The van der Waals surface area contributed by atoms with Crippen molar-refractivity contribution in [2.75, 3.05) is 42.9 Å². The van der Waals surface area contributed by atoms with Crippen LogP contribution in [0.1, 0.15) is 12.8 Å². The summed E-state index contributed by atoms with van der Waals surface area (Å²) >= 11 is 0. The number of methoxy groups -OCH3 is 1. The average Bonchev–Trinajstić information content (AvgIpc) is 3.46. The number of halogens is 2. The van der Waals surface area contributed by atoms with Crippen molar-refractivity contribution < 1.29 is 31.5 Å². The number of rotatable bonds is 7. The quantitative estimate of drug-likeness (QED) is 0.328. The second kappa shape index (κ2) is 11.6. The van der Waals surface area contributed by atoms with Crippen LogP contribution >= 0.6 is 0 Å². The van der Waals surface area contributed by atoms with Crippen LogP contribution < -0.4 is 14.4 Å². The van der Waals surface area contributed by atoms with Gasteiger partial charge in [-0.1, -0.05) is 6.07 Å². The Morgan fingerprint density at radius 3 is 2.45 bits per heavy atom. The lowest BCUT2D eigenvalue weighted by Crippen LogP contribution is -2.49. The van der Waals surface area contributed by atoms with Crippen LogP contribution in [0.3, 0.4) is 0 Å². The van der Waals surface area contributed by atoms with Gasteiger partial charge in [0.15, 0.2) is 5.78 Å². The predicted octanol–water partition coefficient (Wildman–Crippen LogP) is 3.72. The Labute approximate surface area is 251 Å². The van der Waals surface area contributed by atoms with E-state index in [-0.39, 0.29) is 23.3 Å². The molecule has 0 radical (unpaired) electrons. The molecule has 14 heteroatoms. The number of piperazine rings is 1. The Bertz CT molecular complexity index is 1940. The van der Waals surface area contributed by atoms with E-state index in [2.05, 4.69) is 24.6 Å². The molecule has 226 valence electrons. The molecule has 6 rings (SSSR count). The molecule has 1 saturated heterocycles. The lowest BCUT2D eigenvalue weighted by atomic mass is 10.0. The minimum absolute atomic E-state index is 0.0198. The summed E-state index contributed by atoms with van der Waals surface area (Å²) < 4.78 is 61.2. The third kappa shape index (κ3) is 5.67. The molecule has 3 heterocycles. The van der Waals surface area contributed by atoms with Crippen molar-refractivity contribution >= 4 is 44.1 Å². The number of allylic oxidation sites excluding steroid dienone is 1. The number of hydrogen-bond donors (Lipinski definition) is 1. The molecule has 1 N–H and O–H groups in total. The van der Waals surface area contributed by atoms with Crippen LogP contribution in [0.15, 0.2) is 71.5 Å². The van der Waals surface area contributed by atoms with E-state index in [9.17, 15) is 26.8 Å². The van der Waals surface area contributed by atoms with Gasteiger partial charge >= 0.3 is 0 Å². The number of fused-ring (bicyclic) bond motifs is 1. The second-order valence-electron chi connectivity index (χ2n) is 10.3. The van der Waals surface area contributed by atoms with Crippen molar-refractivity contribution in [1.29, 1.82) is 0 Å². The Morgan fingerprint density at radius 1 is 0.955 bits per heavy atom. The van der Waals surface area contributed by atoms with Crippen molar-refractivity contribution in [3.05, 3.63) is 78.3 Å². The van der Waals surface area contributed by atoms with Gasteiger partial charge in [0.1, 0.15) is 34.4 Å². The molecular formula is C30H26F2N6O5S. The molecule has 2 aromatic carbocycles. The predicted molar refractivity (Wildman–Crippen MR) is 158 cm³/mol. The van der Waals surface area contributed by atoms with E-state index in [1.807, 2.05) is 6.07 Å². The van der Waals surface area contributed by atoms with Crippen molar-refractivity contribution in [3.63, 3.8) is 0 Å². The van der Waals surface area contributed by atoms with Crippen molar-refractivity contribution in [2.45, 2.75) is 17.7 Å². The van der Waals surface area contributed by atoms with Crippen LogP contribution in [0.25, 0.3) is 22.0 Å². The minimum atomic E-state index is -4.45. The van der Waals surface area contributed by atoms with Gasteiger partial charge in [-0.2, -0.15) is 0 Å². The monoisotopic (exact) mass is 620 g/mol. The van der Waals surface area contributed by atoms with Crippen LogP contribution in [0.5, 0.6) is 5.88 Å². The van der Waals surface area contributed by atoms with Crippen molar-refractivity contribution in [3.8, 4) is 17.0 Å². The van der Waals surface area contributed by atoms with Gasteiger partial charge in [0.25, 0.3) is 10.0 Å². The van der Waals surface area contributed by atoms with E-state index in [0.29, 0.717) is 73.1 Å². The number of hydrogen-bond acceptors (Lipinski definition) is 9. The number of nitrogens with one attached hydrogen (secondary N) is 1. The highest BCUT2D eigenvalue weighted by Crippen LogP contribution is 2.34. The Balaban J connectivity index is 1.27. The number of pyridine rings is 1. The molecule has 2 aromatic heterocycles. The fourth-order valence-electron chi connectivity index (χ4n) is 5.30. The molecule has 0 bridgehead atoms. The van der Waals surface area contributed by atoms with E-state index < -0.39 is 26.6 Å². The Kier molecular flexibility index (Phi) is 7.67. The van der Waals surface area contributed by atoms with Gasteiger partial charge < -0.3 is 14.5 Å². The third-order valence-corrected chi connectivity index (χ3v) is 8.94. The fourth-order valence-corrected chi connectivity index (χ4v) is 6.41. The van der Waals surface area contributed by atoms with E-state index in [4.69, 9.17) is 4.74 Å². The molecule has 0 spiro atoms. The summed E-state index contributed by atoms with van der Waals surface area (Å²) in [7, 11) is -3.14. The zero-order valence-corrected chi connectivity index (χ0v) is 24.3. The highest BCUT2D eigenvalue weighted by molar-refractivity contribution is 7.92. The molecular weight excluding hydrogens is 594 g/mol. The molecule has 1 aliphatic heterocycles. The third-order valence-electron chi connectivity index (χ3n) is 7.54. The summed E-state index contributed by atoms with van der Waals surface area (Å²) in [6, 6.07) is 9.15. The van der Waals surface area contributed by atoms with E-state index in [1.54, 1.807) is 17.0 Å². The van der Waals surface area contributed by atoms with Gasteiger partial charge in [-0.25, -0.2) is 32.2 Å². The highest BCUT2D eigenvalue weighted by atomic mass is 32.2. The Morgan fingerprint density at radius 2 is 1.75 bits per heavy atom. The number of aromatic nitrogens is 3. The summed E-state index contributed by atoms with van der Waals surface area (Å²) in [4.78, 5) is 40.7. The van der Waals surface area contributed by atoms with Crippen molar-refractivity contribution in [2.24, 2.45) is 0 Å². The van der Waals surface area contributed by atoms with Gasteiger partial charge in [-0.15, -0.1) is 0 Å². The smallest absolute Gasteiger partial charge is 0.264 e. The first-order valence-corrected chi connectivity index (χ1v) is 15.2. The number of ether oxygens (including phenoxy) is 1. The number of carbonyl (C=O) groups is 2. The first-order valence-electron chi connectivity index (χ1n) is 13.7. The number of nitrogens with zero attached hydrogens (tertiary/aromatic N) is 5. The largest absolute Gasteiger partial charge is 0.480 e. The number of benzene rings is 2. The molecule has 2 aliphatic rings. The lowest BCUT2D eigenvalue weighted by molar-refractivity contribution is -0.127. The van der Waals surface area contributed by atoms with E-state index >= 15 is 0 Å². The minimum Gasteiger partial charge on any atom is -0.480 e. The van der Waals surface area contributed by atoms with Gasteiger partial charge in [0.05, 0.1) is 12.6 Å². The van der Waals surface area contributed by atoms with Crippen molar-refractivity contribution in [1.82, 2.24) is 19.9 Å². The molecule has 1 fully saturated rings. The standard InChI is InChI=1S/C30H26F2N6O5S/c1-43-29-26(36-44(41,42)27-7-4-21(31)15-24(27)32)14-20(16-33-29)18-3-6-25-23(13-18)28(35-17-34-25)37-8-10-38(11-9-37)30(40)19-2-5-22(39)12-19/h3-4,6-7,12-17,36H,2,5,8-11H2,1H3. The summed E-state index contributed by atoms with van der Waals surface area (Å²) in [6.45, 7) is 1.99. The molecule has 11 nitrogen and oxygen atoms in total. The maximum Gasteiger partial charge on any atom is 0.264 e. The summed E-state index contributed by atoms with van der Waals surface area (Å²) in [6.07, 6.45) is 5.27. The number of anilines is 2. The zero-order chi connectivity index (χ0) is 31.0. The molecule has 4 aromatic rings. The van der Waals surface area contributed by atoms with Crippen LogP contribution in [-0.4, -0.2) is 73.2 Å². The molecule has 0 unspecified atom stereocenters.